The summed E-state index contributed by atoms with van der Waals surface area (Å²) in [6.45, 7) is 2.38. The number of benzene rings is 2. The summed E-state index contributed by atoms with van der Waals surface area (Å²) in [5, 5.41) is 11.9. The summed E-state index contributed by atoms with van der Waals surface area (Å²) in [5.41, 5.74) is 1.87. The third kappa shape index (κ3) is 4.37. The third-order valence-corrected chi connectivity index (χ3v) is 3.28. The molecule has 4 heteroatoms. The van der Waals surface area contributed by atoms with E-state index in [1.54, 1.807) is 24.3 Å². The number of nitrogens with one attached hydrogen (secondary N) is 1. The van der Waals surface area contributed by atoms with Crippen LogP contribution in [0.3, 0.4) is 0 Å². The highest BCUT2D eigenvalue weighted by Crippen LogP contribution is 2.11. The Morgan fingerprint density at radius 3 is 2.48 bits per heavy atom. The molecule has 108 valence electrons. The van der Waals surface area contributed by atoms with Crippen LogP contribution in [-0.4, -0.2) is 6.04 Å². The fourth-order valence-corrected chi connectivity index (χ4v) is 2.09. The Balaban J connectivity index is 1.90. The van der Waals surface area contributed by atoms with Gasteiger partial charge in [-0.25, -0.2) is 8.78 Å². The molecule has 2 aromatic rings. The van der Waals surface area contributed by atoms with Crippen LogP contribution in [0.5, 0.6) is 0 Å². The van der Waals surface area contributed by atoms with Gasteiger partial charge in [0.1, 0.15) is 11.6 Å². The van der Waals surface area contributed by atoms with Crippen molar-refractivity contribution in [3.8, 4) is 6.07 Å². The summed E-state index contributed by atoms with van der Waals surface area (Å²) in [6, 6.07) is 12.8. The Bertz CT molecular complexity index is 645. The van der Waals surface area contributed by atoms with Gasteiger partial charge in [0.15, 0.2) is 0 Å². The zero-order valence-corrected chi connectivity index (χ0v) is 11.7. The minimum Gasteiger partial charge on any atom is -0.310 e. The molecule has 21 heavy (non-hydrogen) atoms. The molecular formula is C17H16F2N2. The van der Waals surface area contributed by atoms with Crippen molar-refractivity contribution >= 4 is 0 Å². The van der Waals surface area contributed by atoms with E-state index < -0.39 is 0 Å². The quantitative estimate of drug-likeness (QED) is 0.912. The average Bonchev–Trinajstić information content (AvgIpc) is 2.48. The fraction of sp³-hybridized carbons (Fsp3) is 0.235. The molecule has 0 fully saturated rings. The van der Waals surface area contributed by atoms with Crippen molar-refractivity contribution in [3.63, 3.8) is 0 Å². The minimum atomic E-state index is -0.379. The Labute approximate surface area is 123 Å². The van der Waals surface area contributed by atoms with Gasteiger partial charge in [0, 0.05) is 18.2 Å². The van der Waals surface area contributed by atoms with E-state index in [1.165, 1.54) is 18.2 Å². The van der Waals surface area contributed by atoms with Crippen molar-refractivity contribution < 1.29 is 8.78 Å². The Morgan fingerprint density at radius 2 is 1.86 bits per heavy atom. The summed E-state index contributed by atoms with van der Waals surface area (Å²) < 4.78 is 26.5. The van der Waals surface area contributed by atoms with E-state index in [2.05, 4.69) is 5.32 Å². The molecule has 1 N–H and O–H groups in total. The molecule has 2 nitrogen and oxygen atoms in total. The molecule has 0 saturated heterocycles. The number of halogens is 2. The highest BCUT2D eigenvalue weighted by atomic mass is 19.1. The van der Waals surface area contributed by atoms with Crippen molar-refractivity contribution in [3.05, 3.63) is 70.8 Å². The summed E-state index contributed by atoms with van der Waals surface area (Å²) >= 11 is 0. The van der Waals surface area contributed by atoms with E-state index in [9.17, 15) is 8.78 Å². The van der Waals surface area contributed by atoms with Crippen LogP contribution in [0.15, 0.2) is 42.5 Å². The molecule has 2 aromatic carbocycles. The summed E-state index contributed by atoms with van der Waals surface area (Å²) in [4.78, 5) is 0. The molecule has 1 unspecified atom stereocenters. The van der Waals surface area contributed by atoms with E-state index in [0.29, 0.717) is 17.7 Å². The van der Waals surface area contributed by atoms with E-state index in [0.717, 1.165) is 12.0 Å². The van der Waals surface area contributed by atoms with Crippen LogP contribution in [0.25, 0.3) is 0 Å². The molecule has 2 rings (SSSR count). The van der Waals surface area contributed by atoms with Crippen LogP contribution in [0.2, 0.25) is 0 Å². The van der Waals surface area contributed by atoms with Gasteiger partial charge in [0.25, 0.3) is 0 Å². The van der Waals surface area contributed by atoms with Gasteiger partial charge in [-0.05, 0) is 43.2 Å². The molecule has 0 aliphatic carbocycles. The highest BCUT2D eigenvalue weighted by molar-refractivity contribution is 5.32. The number of nitrogens with zero attached hydrogens (tertiary/aromatic N) is 1. The first kappa shape index (κ1) is 15.1. The minimum absolute atomic E-state index is 0.130. The van der Waals surface area contributed by atoms with E-state index in [-0.39, 0.29) is 17.7 Å². The maximum absolute atomic E-state index is 13.7. The topological polar surface area (TPSA) is 35.8 Å². The SMILES string of the molecule is CC(Cc1ccc(F)cc1)NCc1ccc(C#N)cc1F. The zero-order valence-electron chi connectivity index (χ0n) is 11.7. The van der Waals surface area contributed by atoms with Crippen LogP contribution in [-0.2, 0) is 13.0 Å². The lowest BCUT2D eigenvalue weighted by molar-refractivity contribution is 0.525. The fourth-order valence-electron chi connectivity index (χ4n) is 2.09. The first-order valence-electron chi connectivity index (χ1n) is 6.75. The molecule has 0 aromatic heterocycles. The molecule has 0 radical (unpaired) electrons. The second-order valence-corrected chi connectivity index (χ2v) is 5.03. The molecule has 0 aliphatic rings. The number of rotatable bonds is 5. The van der Waals surface area contributed by atoms with E-state index >= 15 is 0 Å². The molecule has 0 bridgehead atoms. The maximum Gasteiger partial charge on any atom is 0.129 e. The maximum atomic E-state index is 13.7. The smallest absolute Gasteiger partial charge is 0.129 e. The van der Waals surface area contributed by atoms with Gasteiger partial charge in [-0.15, -0.1) is 0 Å². The van der Waals surface area contributed by atoms with Crippen molar-refractivity contribution in [2.45, 2.75) is 25.9 Å². The van der Waals surface area contributed by atoms with Crippen LogP contribution in [0.4, 0.5) is 8.78 Å². The predicted octanol–water partition coefficient (Wildman–Crippen LogP) is 3.56. The van der Waals surface area contributed by atoms with Crippen molar-refractivity contribution in [1.29, 1.82) is 5.26 Å². The van der Waals surface area contributed by atoms with Crippen LogP contribution in [0.1, 0.15) is 23.6 Å². The summed E-state index contributed by atoms with van der Waals surface area (Å²) in [7, 11) is 0. The normalized spacial score (nSPS) is 11.9. The number of hydrogen-bond acceptors (Lipinski definition) is 2. The van der Waals surface area contributed by atoms with Crippen LogP contribution < -0.4 is 5.32 Å². The number of hydrogen-bond donors (Lipinski definition) is 1. The van der Waals surface area contributed by atoms with E-state index in [4.69, 9.17) is 5.26 Å². The molecule has 0 aliphatic heterocycles. The van der Waals surface area contributed by atoms with Gasteiger partial charge in [-0.1, -0.05) is 18.2 Å². The molecule has 0 spiro atoms. The molecule has 0 saturated carbocycles. The van der Waals surface area contributed by atoms with Crippen LogP contribution in [0, 0.1) is 23.0 Å². The van der Waals surface area contributed by atoms with Crippen molar-refractivity contribution in [1.82, 2.24) is 5.32 Å². The van der Waals surface area contributed by atoms with Gasteiger partial charge in [0.05, 0.1) is 11.6 Å². The third-order valence-electron chi connectivity index (χ3n) is 3.28. The second kappa shape index (κ2) is 6.96. The predicted molar refractivity (Wildman–Crippen MR) is 77.5 cm³/mol. The van der Waals surface area contributed by atoms with Crippen molar-refractivity contribution in [2.24, 2.45) is 0 Å². The molecular weight excluding hydrogens is 270 g/mol. The summed E-state index contributed by atoms with van der Waals surface area (Å²) in [6.07, 6.45) is 0.734. The van der Waals surface area contributed by atoms with E-state index in [1.807, 2.05) is 13.0 Å². The Kier molecular flexibility index (Phi) is 5.02. The summed E-state index contributed by atoms with van der Waals surface area (Å²) in [5.74, 6) is -0.630. The largest absolute Gasteiger partial charge is 0.310 e. The molecule has 0 amide bonds. The lowest BCUT2D eigenvalue weighted by Crippen LogP contribution is -2.27. The van der Waals surface area contributed by atoms with Crippen LogP contribution >= 0.6 is 0 Å². The Morgan fingerprint density at radius 1 is 1.14 bits per heavy atom. The van der Waals surface area contributed by atoms with Gasteiger partial charge in [-0.3, -0.25) is 0 Å². The van der Waals surface area contributed by atoms with Gasteiger partial charge < -0.3 is 5.32 Å². The highest BCUT2D eigenvalue weighted by Gasteiger charge is 2.07. The Hall–Kier alpha value is -2.25. The lowest BCUT2D eigenvalue weighted by Gasteiger charge is -2.14. The van der Waals surface area contributed by atoms with Gasteiger partial charge in [-0.2, -0.15) is 5.26 Å². The lowest BCUT2D eigenvalue weighted by atomic mass is 10.1. The number of nitriles is 1. The van der Waals surface area contributed by atoms with Gasteiger partial charge in [0.2, 0.25) is 0 Å². The first-order chi connectivity index (χ1) is 10.1. The molecule has 0 heterocycles. The first-order valence-corrected chi connectivity index (χ1v) is 6.75. The van der Waals surface area contributed by atoms with Crippen molar-refractivity contribution in [2.75, 3.05) is 0 Å². The second-order valence-electron chi connectivity index (χ2n) is 5.03. The zero-order chi connectivity index (χ0) is 15.2. The molecule has 1 atom stereocenters. The van der Waals surface area contributed by atoms with Gasteiger partial charge >= 0.3 is 0 Å². The standard InChI is InChI=1S/C17H16F2N2/c1-12(8-13-3-6-16(18)7-4-13)21-11-15-5-2-14(10-20)9-17(15)19/h2-7,9,12,21H,8,11H2,1H3. The average molecular weight is 286 g/mol. The monoisotopic (exact) mass is 286 g/mol.